The number of nitrogens with two attached hydrogens (primary N) is 2. The molecule has 2 aromatic carbocycles. The van der Waals surface area contributed by atoms with Crippen LogP contribution in [-0.4, -0.2) is 270 Å². The van der Waals surface area contributed by atoms with E-state index >= 15 is 9.59 Å². The summed E-state index contributed by atoms with van der Waals surface area (Å²) in [7, 11) is 0. The van der Waals surface area contributed by atoms with Gasteiger partial charge >= 0.3 is 11.9 Å². The number of primary amides is 2. The smallest absolute Gasteiger partial charge is 0.305 e. The number of nitrogens with zero attached hydrogens (tertiary/aromatic N) is 3. The molecule has 5 heterocycles. The van der Waals surface area contributed by atoms with Crippen LogP contribution in [0.3, 0.4) is 0 Å². The molecule has 6 bridgehead atoms. The zero-order valence-corrected chi connectivity index (χ0v) is 68.6. The maximum atomic E-state index is 15.4. The quantitative estimate of drug-likeness (QED) is 0.0645. The normalized spacial score (nSPS) is 25.0. The van der Waals surface area contributed by atoms with Crippen LogP contribution in [-0.2, 0) is 104 Å². The van der Waals surface area contributed by atoms with E-state index in [1.165, 1.54) is 26.8 Å². The van der Waals surface area contributed by atoms with Crippen molar-refractivity contribution >= 4 is 159 Å². The van der Waals surface area contributed by atoms with E-state index in [0.29, 0.717) is 28.5 Å². The summed E-state index contributed by atoms with van der Waals surface area (Å²) in [6.45, 7) is 2.34. The highest BCUT2D eigenvalue weighted by Crippen LogP contribution is 2.23. The Kier molecular flexibility index (Phi) is 37.9. The largest absolute Gasteiger partial charge is 0.481 e. The molecule has 4 aliphatic rings. The van der Waals surface area contributed by atoms with Crippen LogP contribution in [0.4, 0.5) is 4.39 Å². The standard InChI is InChI=1S/C76H105FN18O21S3/c1-41(2)29-52-71(111)86-51(20-22-64(102)103)70(110)90-55(32-65(104)105)74(114)92-58-37-119-28-25-63(101)95-39-93-38-94(40-95)62(100)24-27-118-36-57(82-42(3)96)75(115)87-50(19-21-59(78)97)69(109)85-49(68(108)88-52)14-8-6-4-5-7-13-48(84-73(113)54(89-76(58)116)31-44-33-80-47-12-10-9-11-46(44)47)67(107)81-34-60(98)83-53(30-43-15-17-45(77)18-16-43)72(112)91-56(66(79)106)35-117-26-23-61(93)99/h9-12,15-18,33,41,48-58,80H,4-8,13-14,19-32,34-40H2,1-3H3,(H2,78,97)(H2,79,106)(H,81,107)(H,82,96)(H,83,98)(H,84,113)(H,85,109)(H,86,111)(H,87,115)(H,88,108)(H,89,116)(H,90,110)(H,91,112)(H,92,114)(H,102,103)(H,104,105)/t48-,49-,50-,51-,52-,53-,54-,55-,56-,57-,58-/m0/s1. The molecule has 0 radical (unpaired) electrons. The summed E-state index contributed by atoms with van der Waals surface area (Å²) in [4.78, 5) is 276. The van der Waals surface area contributed by atoms with E-state index in [1.807, 2.05) is 0 Å². The lowest BCUT2D eigenvalue weighted by molar-refractivity contribution is -0.158. The van der Waals surface area contributed by atoms with Gasteiger partial charge in [0, 0.05) is 103 Å². The summed E-state index contributed by atoms with van der Waals surface area (Å²) >= 11 is 2.87. The topological polar surface area (TPSA) is 587 Å². The van der Waals surface area contributed by atoms with Crippen molar-refractivity contribution in [2.75, 3.05) is 61.1 Å². The predicted octanol–water partition coefficient (Wildman–Crippen LogP) is -2.79. The highest BCUT2D eigenvalue weighted by atomic mass is 32.2. The zero-order valence-electron chi connectivity index (χ0n) is 66.2. The molecule has 0 saturated carbocycles. The van der Waals surface area contributed by atoms with Crippen LogP contribution in [0.1, 0.15) is 135 Å². The van der Waals surface area contributed by atoms with Gasteiger partial charge in [-0.3, -0.25) is 91.1 Å². The lowest BCUT2D eigenvalue weighted by Gasteiger charge is -2.42. The molecule has 119 heavy (non-hydrogen) atoms. The number of aliphatic carboxylic acids is 2. The molecule has 3 aromatic rings. The van der Waals surface area contributed by atoms with Crippen LogP contribution < -0.4 is 75.3 Å². The maximum Gasteiger partial charge on any atom is 0.305 e. The molecule has 4 saturated heterocycles. The molecular formula is C76H105FN18O21S3. The van der Waals surface area contributed by atoms with Crippen molar-refractivity contribution in [1.82, 2.24) is 83.5 Å². The molecular weight excluding hydrogens is 1620 g/mol. The van der Waals surface area contributed by atoms with Gasteiger partial charge in [0.05, 0.1) is 33.0 Å². The van der Waals surface area contributed by atoms with Crippen LogP contribution in [0.15, 0.2) is 54.7 Å². The van der Waals surface area contributed by atoms with E-state index in [1.54, 1.807) is 44.3 Å². The number of carboxylic acid groups (broad SMARTS) is 2. The fourth-order valence-corrected chi connectivity index (χ4v) is 16.2. The predicted molar refractivity (Wildman–Crippen MR) is 432 cm³/mol. The zero-order chi connectivity index (χ0) is 87.0. The van der Waals surface area contributed by atoms with Gasteiger partial charge in [0.15, 0.2) is 0 Å². The average molecular weight is 1720 g/mol. The van der Waals surface area contributed by atoms with Crippen molar-refractivity contribution in [3.8, 4) is 0 Å². The van der Waals surface area contributed by atoms with Crippen molar-refractivity contribution in [3.05, 3.63) is 71.7 Å². The summed E-state index contributed by atoms with van der Waals surface area (Å²) in [5.74, 6) is -22.1. The molecule has 11 atom stereocenters. The lowest BCUT2D eigenvalue weighted by Crippen LogP contribution is -2.61. The van der Waals surface area contributed by atoms with Crippen molar-refractivity contribution in [2.45, 2.75) is 203 Å². The van der Waals surface area contributed by atoms with E-state index in [-0.39, 0.29) is 106 Å². The Morgan fingerprint density at radius 3 is 1.57 bits per heavy atom. The number of aromatic amines is 1. The number of fused-ring (bicyclic) bond motifs is 23. The first-order valence-corrected chi connectivity index (χ1v) is 42.5. The Morgan fingerprint density at radius 1 is 0.513 bits per heavy atom. The Balaban J connectivity index is 1.41. The molecule has 0 unspecified atom stereocenters. The molecule has 39 nitrogen and oxygen atoms in total. The van der Waals surface area contributed by atoms with Gasteiger partial charge in [-0.05, 0) is 67.3 Å². The van der Waals surface area contributed by atoms with Gasteiger partial charge in [0.25, 0.3) is 0 Å². The monoisotopic (exact) mass is 1720 g/mol. The molecule has 17 amide bonds. The number of aromatic nitrogens is 1. The summed E-state index contributed by atoms with van der Waals surface area (Å²) in [6, 6.07) is -6.80. The van der Waals surface area contributed by atoms with Gasteiger partial charge in [-0.15, -0.1) is 0 Å². The number of hydrogen-bond donors (Lipinski definition) is 17. The Bertz CT molecular complexity index is 4200. The fraction of sp³-hybridized carbons (Fsp3) is 0.566. The number of para-hydroxylation sites is 1. The van der Waals surface area contributed by atoms with E-state index in [2.05, 4.69) is 68.8 Å². The van der Waals surface area contributed by atoms with Gasteiger partial charge in [-0.2, -0.15) is 35.3 Å². The first-order chi connectivity index (χ1) is 56.6. The van der Waals surface area contributed by atoms with E-state index in [9.17, 15) is 96.1 Å². The van der Waals surface area contributed by atoms with Gasteiger partial charge in [-0.1, -0.05) is 76.3 Å². The van der Waals surface area contributed by atoms with Crippen molar-refractivity contribution in [2.24, 2.45) is 17.4 Å². The Labute approximate surface area is 697 Å². The van der Waals surface area contributed by atoms with Crippen LogP contribution in [0.5, 0.6) is 0 Å². The third-order valence-electron chi connectivity index (χ3n) is 19.7. The lowest BCUT2D eigenvalue weighted by atomic mass is 9.99. The van der Waals surface area contributed by atoms with Crippen molar-refractivity contribution < 1.29 is 106 Å². The molecule has 650 valence electrons. The van der Waals surface area contributed by atoms with Crippen LogP contribution in [0, 0.1) is 11.7 Å². The minimum Gasteiger partial charge on any atom is -0.481 e. The number of thioether (sulfide) groups is 3. The second-order valence-electron chi connectivity index (χ2n) is 29.6. The minimum atomic E-state index is -2.17. The number of carbonyl (C=O) groups is 19. The Morgan fingerprint density at radius 2 is 0.992 bits per heavy atom. The summed E-state index contributed by atoms with van der Waals surface area (Å²) < 4.78 is 14.3. The molecule has 4 aliphatic heterocycles. The number of hydrogen-bond acceptors (Lipinski definition) is 22. The fourth-order valence-electron chi connectivity index (χ4n) is 13.3. The summed E-state index contributed by atoms with van der Waals surface area (Å²) in [6.07, 6.45) is -3.49. The van der Waals surface area contributed by atoms with Gasteiger partial charge in [0.2, 0.25) is 100 Å². The maximum absolute atomic E-state index is 15.4. The molecule has 7 rings (SSSR count). The van der Waals surface area contributed by atoms with Crippen LogP contribution in [0.25, 0.3) is 10.9 Å². The minimum absolute atomic E-state index is 0.0543. The third kappa shape index (κ3) is 31.6. The first-order valence-electron chi connectivity index (χ1n) is 39.1. The molecule has 4 fully saturated rings. The average Bonchev–Trinajstić information content (AvgIpc) is 1.61. The van der Waals surface area contributed by atoms with E-state index < -0.39 is 255 Å². The number of carboxylic acids is 2. The summed E-state index contributed by atoms with van der Waals surface area (Å²) in [5, 5.41) is 51.3. The Hall–Kier alpha value is -11.1. The summed E-state index contributed by atoms with van der Waals surface area (Å²) in [5.41, 5.74) is 12.7. The molecule has 19 N–H and O–H groups in total. The van der Waals surface area contributed by atoms with Gasteiger partial charge < -0.3 is 105 Å². The molecule has 0 aliphatic carbocycles. The number of rotatable bonds is 16. The van der Waals surface area contributed by atoms with Crippen molar-refractivity contribution in [1.29, 1.82) is 0 Å². The SMILES string of the molecule is CC(=O)N[C@H]1CSCCC(=O)N2CN3CN(C2)C(=O)CCSC[C@@H]2NC(=O)[C@H](CC(=O)O)NC(=O)[C@H](CCC(=O)O)NC(=O)[C@H](CC(C)C)NC(=O)[C@H](CCCCCCC[C@H](NC(=O)[C@H](Cc4c[nH]c5ccccc45)NC2=O)C(=O)NCC(=O)N[C@@H](Cc2ccc(F)cc2)C(=O)N[C@H](C(N)=O)CSCCC3=O)NC(=O)[C@H](CCC(N)=O)NC1=O. The first kappa shape index (κ1) is 95.0. The van der Waals surface area contributed by atoms with Crippen LogP contribution >= 0.6 is 35.3 Å². The number of amides is 17. The third-order valence-corrected chi connectivity index (χ3v) is 22.8. The van der Waals surface area contributed by atoms with E-state index in [4.69, 9.17) is 11.5 Å². The van der Waals surface area contributed by atoms with Gasteiger partial charge in [0.1, 0.15) is 72.3 Å². The highest BCUT2D eigenvalue weighted by Gasteiger charge is 2.39. The number of nitrogens with one attached hydrogen (secondary N) is 13. The molecule has 1 aromatic heterocycles. The highest BCUT2D eigenvalue weighted by molar-refractivity contribution is 7.99. The molecule has 43 heteroatoms. The number of carbonyl (C=O) groups excluding carboxylic acids is 17. The van der Waals surface area contributed by atoms with Crippen molar-refractivity contribution in [3.63, 3.8) is 0 Å². The second-order valence-corrected chi connectivity index (χ2v) is 33.1. The number of benzene rings is 2. The van der Waals surface area contributed by atoms with Crippen LogP contribution in [0.2, 0.25) is 0 Å². The number of halogens is 1. The van der Waals surface area contributed by atoms with Gasteiger partial charge in [-0.25, -0.2) is 4.39 Å². The molecule has 0 spiro atoms. The number of H-pyrrole nitrogens is 1. The second kappa shape index (κ2) is 47.5. The van der Waals surface area contributed by atoms with E-state index in [0.717, 1.165) is 54.3 Å².